The van der Waals surface area contributed by atoms with Crippen molar-refractivity contribution in [2.45, 2.75) is 19.4 Å². The van der Waals surface area contributed by atoms with Gasteiger partial charge in [-0.05, 0) is 53.7 Å². The lowest BCUT2D eigenvalue weighted by molar-refractivity contribution is 0.424. The van der Waals surface area contributed by atoms with Gasteiger partial charge in [-0.1, -0.05) is 0 Å². The summed E-state index contributed by atoms with van der Waals surface area (Å²) in [6.07, 6.45) is 4.36. The second kappa shape index (κ2) is 5.47. The molecule has 1 unspecified atom stereocenters. The molecule has 0 fully saturated rings. The van der Waals surface area contributed by atoms with Gasteiger partial charge in [-0.2, -0.15) is 0 Å². The number of nitrogens with one attached hydrogen (secondary N) is 1. The average Bonchev–Trinajstić information content (AvgIpc) is 2.75. The quantitative estimate of drug-likeness (QED) is 0.941. The number of nitrogens with zero attached hydrogens (tertiary/aromatic N) is 1. The monoisotopic (exact) mass is 294 g/mol. The zero-order valence-electron chi connectivity index (χ0n) is 9.90. The van der Waals surface area contributed by atoms with E-state index in [4.69, 9.17) is 4.42 Å². The third-order valence-corrected chi connectivity index (χ3v) is 3.24. The van der Waals surface area contributed by atoms with Crippen LogP contribution >= 0.6 is 15.9 Å². The van der Waals surface area contributed by atoms with Gasteiger partial charge >= 0.3 is 0 Å². The number of rotatable bonds is 4. The van der Waals surface area contributed by atoms with Crippen LogP contribution in [0.4, 0.5) is 0 Å². The minimum Gasteiger partial charge on any atom is -0.467 e. The topological polar surface area (TPSA) is 38.1 Å². The van der Waals surface area contributed by atoms with Crippen LogP contribution in [0.15, 0.2) is 39.5 Å². The van der Waals surface area contributed by atoms with Gasteiger partial charge in [-0.15, -0.1) is 0 Å². The van der Waals surface area contributed by atoms with E-state index in [1.165, 1.54) is 5.56 Å². The van der Waals surface area contributed by atoms with Crippen molar-refractivity contribution in [3.05, 3.63) is 52.1 Å². The van der Waals surface area contributed by atoms with Crippen LogP contribution in [0.3, 0.4) is 0 Å². The molecule has 3 nitrogen and oxygen atoms in total. The molecule has 1 N–H and O–H groups in total. The maximum absolute atomic E-state index is 5.51. The van der Waals surface area contributed by atoms with Crippen molar-refractivity contribution in [2.24, 2.45) is 0 Å². The number of halogens is 1. The molecule has 0 amide bonds. The second-order valence-corrected chi connectivity index (χ2v) is 4.90. The molecular formula is C13H15BrN2O. The van der Waals surface area contributed by atoms with Crippen molar-refractivity contribution in [1.29, 1.82) is 0 Å². The summed E-state index contributed by atoms with van der Waals surface area (Å²) in [5.74, 6) is 0.984. The average molecular weight is 295 g/mol. The molecule has 2 heterocycles. The summed E-state index contributed by atoms with van der Waals surface area (Å²) in [6.45, 7) is 2.05. The number of pyridine rings is 1. The minimum atomic E-state index is 0.165. The largest absolute Gasteiger partial charge is 0.467 e. The van der Waals surface area contributed by atoms with Gasteiger partial charge < -0.3 is 9.73 Å². The Balaban J connectivity index is 2.16. The number of hydrogen-bond donors (Lipinski definition) is 1. The standard InChI is InChI=1S/C13H15BrN2O/c1-9-5-6-17-13(9)12(15-2)7-11-4-3-10(14)8-16-11/h3-6,8,12,15H,7H2,1-2H3. The predicted molar refractivity (Wildman–Crippen MR) is 70.9 cm³/mol. The lowest BCUT2D eigenvalue weighted by atomic mass is 10.1. The molecule has 0 saturated carbocycles. The smallest absolute Gasteiger partial charge is 0.123 e. The highest BCUT2D eigenvalue weighted by Gasteiger charge is 2.16. The van der Waals surface area contributed by atoms with Crippen LogP contribution in [-0.2, 0) is 6.42 Å². The van der Waals surface area contributed by atoms with Crippen molar-refractivity contribution in [1.82, 2.24) is 10.3 Å². The van der Waals surface area contributed by atoms with Gasteiger partial charge in [0.1, 0.15) is 5.76 Å². The van der Waals surface area contributed by atoms with Crippen molar-refractivity contribution in [3.63, 3.8) is 0 Å². The molecule has 0 aliphatic carbocycles. The Kier molecular flexibility index (Phi) is 3.97. The number of furan rings is 1. The SMILES string of the molecule is CNC(Cc1ccc(Br)cn1)c1occc1C. The third kappa shape index (κ3) is 2.96. The van der Waals surface area contributed by atoms with Crippen LogP contribution in [0.25, 0.3) is 0 Å². The lowest BCUT2D eigenvalue weighted by Crippen LogP contribution is -2.19. The van der Waals surface area contributed by atoms with Crippen LogP contribution in [-0.4, -0.2) is 12.0 Å². The molecule has 4 heteroatoms. The maximum Gasteiger partial charge on any atom is 0.123 e. The Hall–Kier alpha value is -1.13. The first-order chi connectivity index (χ1) is 8.20. The molecule has 0 spiro atoms. The van der Waals surface area contributed by atoms with Crippen molar-refractivity contribution >= 4 is 15.9 Å². The summed E-state index contributed by atoms with van der Waals surface area (Å²) < 4.78 is 6.51. The highest BCUT2D eigenvalue weighted by atomic mass is 79.9. The van der Waals surface area contributed by atoms with E-state index in [1.807, 2.05) is 31.4 Å². The fraction of sp³-hybridized carbons (Fsp3) is 0.308. The third-order valence-electron chi connectivity index (χ3n) is 2.77. The number of likely N-dealkylation sites (N-methyl/N-ethyl adjacent to an activating group) is 1. The van der Waals surface area contributed by atoms with E-state index in [2.05, 4.69) is 33.2 Å². The molecule has 0 radical (unpaired) electrons. The van der Waals surface area contributed by atoms with E-state index < -0.39 is 0 Å². The molecule has 2 aromatic rings. The summed E-state index contributed by atoms with van der Waals surface area (Å²) in [6, 6.07) is 6.17. The highest BCUT2D eigenvalue weighted by Crippen LogP contribution is 2.22. The first-order valence-electron chi connectivity index (χ1n) is 5.52. The van der Waals surface area contributed by atoms with E-state index in [9.17, 15) is 0 Å². The summed E-state index contributed by atoms with van der Waals surface area (Å²) in [5.41, 5.74) is 2.21. The predicted octanol–water partition coefficient (Wildman–Crippen LogP) is 3.25. The zero-order valence-corrected chi connectivity index (χ0v) is 11.5. The Labute approximate surface area is 109 Å². The molecule has 0 aromatic carbocycles. The van der Waals surface area contributed by atoms with Gasteiger partial charge in [0.25, 0.3) is 0 Å². The molecule has 0 bridgehead atoms. The van der Waals surface area contributed by atoms with Crippen LogP contribution in [0.1, 0.15) is 23.1 Å². The van der Waals surface area contributed by atoms with Gasteiger partial charge in [-0.25, -0.2) is 0 Å². The van der Waals surface area contributed by atoms with E-state index in [1.54, 1.807) is 6.26 Å². The summed E-state index contributed by atoms with van der Waals surface area (Å²) >= 11 is 3.38. The van der Waals surface area contributed by atoms with Gasteiger partial charge in [0.2, 0.25) is 0 Å². The molecule has 0 aliphatic heterocycles. The molecule has 0 aliphatic rings. The van der Waals surface area contributed by atoms with Gasteiger partial charge in [0.15, 0.2) is 0 Å². The van der Waals surface area contributed by atoms with E-state index in [-0.39, 0.29) is 6.04 Å². The van der Waals surface area contributed by atoms with E-state index in [0.717, 1.165) is 22.3 Å². The van der Waals surface area contributed by atoms with Gasteiger partial charge in [0.05, 0.1) is 12.3 Å². The first kappa shape index (κ1) is 12.3. The number of aryl methyl sites for hydroxylation is 1. The Bertz CT molecular complexity index is 478. The zero-order chi connectivity index (χ0) is 12.3. The lowest BCUT2D eigenvalue weighted by Gasteiger charge is -2.14. The molecule has 2 aromatic heterocycles. The van der Waals surface area contributed by atoms with Crippen LogP contribution in [0.5, 0.6) is 0 Å². The number of aromatic nitrogens is 1. The molecule has 1 atom stereocenters. The van der Waals surface area contributed by atoms with Crippen LogP contribution in [0.2, 0.25) is 0 Å². The molecule has 17 heavy (non-hydrogen) atoms. The van der Waals surface area contributed by atoms with Gasteiger partial charge in [0, 0.05) is 22.8 Å². The fourth-order valence-corrected chi connectivity index (χ4v) is 2.04. The molecular weight excluding hydrogens is 280 g/mol. The summed E-state index contributed by atoms with van der Waals surface area (Å²) in [5, 5.41) is 3.26. The number of hydrogen-bond acceptors (Lipinski definition) is 3. The van der Waals surface area contributed by atoms with Crippen LogP contribution < -0.4 is 5.32 Å². The van der Waals surface area contributed by atoms with E-state index in [0.29, 0.717) is 0 Å². The van der Waals surface area contributed by atoms with Crippen molar-refractivity contribution < 1.29 is 4.42 Å². The molecule has 2 rings (SSSR count). The Morgan fingerprint density at radius 2 is 2.24 bits per heavy atom. The van der Waals surface area contributed by atoms with E-state index >= 15 is 0 Å². The molecule has 0 saturated heterocycles. The molecule has 90 valence electrons. The van der Waals surface area contributed by atoms with Crippen molar-refractivity contribution in [3.8, 4) is 0 Å². The minimum absolute atomic E-state index is 0.165. The fourth-order valence-electron chi connectivity index (χ4n) is 1.80. The highest BCUT2D eigenvalue weighted by molar-refractivity contribution is 9.10. The Morgan fingerprint density at radius 3 is 2.76 bits per heavy atom. The summed E-state index contributed by atoms with van der Waals surface area (Å²) in [7, 11) is 1.94. The second-order valence-electron chi connectivity index (χ2n) is 3.98. The van der Waals surface area contributed by atoms with Crippen molar-refractivity contribution in [2.75, 3.05) is 7.05 Å². The van der Waals surface area contributed by atoms with Gasteiger partial charge in [-0.3, -0.25) is 4.98 Å². The maximum atomic E-state index is 5.51. The summed E-state index contributed by atoms with van der Waals surface area (Å²) in [4.78, 5) is 4.38. The first-order valence-corrected chi connectivity index (χ1v) is 6.31. The normalized spacial score (nSPS) is 12.6. The van der Waals surface area contributed by atoms with Crippen LogP contribution in [0, 0.1) is 6.92 Å². The Morgan fingerprint density at radius 1 is 1.41 bits per heavy atom.